The van der Waals surface area contributed by atoms with Crippen LogP contribution in [0.5, 0.6) is 0 Å². The molecule has 2 N–H and O–H groups in total. The van der Waals surface area contributed by atoms with E-state index in [0.29, 0.717) is 11.1 Å². The fraction of sp³-hybridized carbons (Fsp3) is 0.143. The van der Waals surface area contributed by atoms with Gasteiger partial charge in [0.2, 0.25) is 9.84 Å². The van der Waals surface area contributed by atoms with Crippen molar-refractivity contribution in [3.05, 3.63) is 70.6 Å². The van der Waals surface area contributed by atoms with E-state index in [1.807, 2.05) is 0 Å². The van der Waals surface area contributed by atoms with Crippen molar-refractivity contribution >= 4 is 9.84 Å². The Balaban J connectivity index is 2.41. The van der Waals surface area contributed by atoms with Crippen molar-refractivity contribution < 1.29 is 18.6 Å². The number of aliphatic hydroxyl groups is 2. The van der Waals surface area contributed by atoms with Crippen LogP contribution in [0.15, 0.2) is 70.6 Å². The van der Waals surface area contributed by atoms with Gasteiger partial charge in [0.25, 0.3) is 0 Å². The van der Waals surface area contributed by atoms with Crippen LogP contribution in [0.25, 0.3) is 0 Å². The van der Waals surface area contributed by atoms with Crippen molar-refractivity contribution in [2.45, 2.75) is 12.2 Å². The van der Waals surface area contributed by atoms with Crippen molar-refractivity contribution in [2.24, 2.45) is 0 Å². The maximum atomic E-state index is 12.4. The standard InChI is InChI=1S/C14H14O4S/c1-9-7-11(3-5-13(9)15)19(17,18)12-4-6-14(16)10(2)8-12/h3-8,13-16H,1-2H2. The normalized spacial score (nSPS) is 27.3. The quantitative estimate of drug-likeness (QED) is 0.794. The van der Waals surface area contributed by atoms with E-state index in [0.717, 1.165) is 0 Å². The highest BCUT2D eigenvalue weighted by Gasteiger charge is 2.25. The van der Waals surface area contributed by atoms with E-state index in [2.05, 4.69) is 13.2 Å². The van der Waals surface area contributed by atoms with Crippen LogP contribution in [0.4, 0.5) is 0 Å². The Morgan fingerprint density at radius 1 is 0.895 bits per heavy atom. The van der Waals surface area contributed by atoms with Crippen molar-refractivity contribution in [1.82, 2.24) is 0 Å². The number of sulfone groups is 1. The van der Waals surface area contributed by atoms with Gasteiger partial charge in [0.1, 0.15) is 0 Å². The van der Waals surface area contributed by atoms with E-state index in [4.69, 9.17) is 0 Å². The molecule has 0 aromatic rings. The van der Waals surface area contributed by atoms with E-state index in [9.17, 15) is 18.6 Å². The molecule has 2 aliphatic carbocycles. The van der Waals surface area contributed by atoms with Crippen molar-refractivity contribution in [2.75, 3.05) is 0 Å². The Hall–Kier alpha value is -1.69. The number of hydrogen-bond acceptors (Lipinski definition) is 4. The molecule has 2 unspecified atom stereocenters. The van der Waals surface area contributed by atoms with Gasteiger partial charge < -0.3 is 10.2 Å². The van der Waals surface area contributed by atoms with E-state index >= 15 is 0 Å². The van der Waals surface area contributed by atoms with Gasteiger partial charge in [0.15, 0.2) is 0 Å². The summed E-state index contributed by atoms with van der Waals surface area (Å²) in [6, 6.07) is 0. The molecule has 4 nitrogen and oxygen atoms in total. The maximum Gasteiger partial charge on any atom is 0.206 e. The Kier molecular flexibility index (Phi) is 3.45. The zero-order valence-electron chi connectivity index (χ0n) is 10.2. The smallest absolute Gasteiger partial charge is 0.206 e. The lowest BCUT2D eigenvalue weighted by molar-refractivity contribution is 0.262. The molecule has 100 valence electrons. The summed E-state index contributed by atoms with van der Waals surface area (Å²) in [7, 11) is -3.69. The van der Waals surface area contributed by atoms with Crippen LogP contribution in [0.1, 0.15) is 0 Å². The molecule has 0 saturated carbocycles. The van der Waals surface area contributed by atoms with E-state index < -0.39 is 22.0 Å². The first-order chi connectivity index (χ1) is 8.82. The SMILES string of the molecule is C=C1C=C(S(=O)(=O)C2=CC(=C)C(O)C=C2)C=CC1O. The summed E-state index contributed by atoms with van der Waals surface area (Å²) in [5.74, 6) is 0. The Morgan fingerprint density at radius 3 is 1.58 bits per heavy atom. The minimum atomic E-state index is -3.69. The molecule has 5 heteroatoms. The van der Waals surface area contributed by atoms with Gasteiger partial charge in [0.05, 0.1) is 22.0 Å². The van der Waals surface area contributed by atoms with Crippen LogP contribution in [0.3, 0.4) is 0 Å². The first-order valence-corrected chi connectivity index (χ1v) is 7.09. The average molecular weight is 278 g/mol. The van der Waals surface area contributed by atoms with Crippen molar-refractivity contribution in [3.8, 4) is 0 Å². The van der Waals surface area contributed by atoms with E-state index in [-0.39, 0.29) is 9.81 Å². The third-order valence-corrected chi connectivity index (χ3v) is 4.67. The average Bonchev–Trinajstić information content (AvgIpc) is 2.35. The summed E-state index contributed by atoms with van der Waals surface area (Å²) in [4.78, 5) is 0.116. The van der Waals surface area contributed by atoms with Gasteiger partial charge in [0, 0.05) is 0 Å². The number of allylic oxidation sites excluding steroid dienone is 2. The number of aliphatic hydroxyl groups excluding tert-OH is 2. The van der Waals surface area contributed by atoms with E-state index in [1.54, 1.807) is 0 Å². The van der Waals surface area contributed by atoms with Gasteiger partial charge in [-0.25, -0.2) is 8.42 Å². The lowest BCUT2D eigenvalue weighted by atomic mass is 10.1. The second kappa shape index (κ2) is 4.77. The van der Waals surface area contributed by atoms with E-state index in [1.165, 1.54) is 36.5 Å². The van der Waals surface area contributed by atoms with Crippen molar-refractivity contribution in [3.63, 3.8) is 0 Å². The molecule has 0 saturated heterocycles. The van der Waals surface area contributed by atoms with Crippen LogP contribution in [-0.4, -0.2) is 30.8 Å². The molecular weight excluding hydrogens is 264 g/mol. The topological polar surface area (TPSA) is 74.6 Å². The molecule has 0 aromatic carbocycles. The molecule has 0 radical (unpaired) electrons. The Bertz CT molecular complexity index is 608. The lowest BCUT2D eigenvalue weighted by Gasteiger charge is -2.17. The summed E-state index contributed by atoms with van der Waals surface area (Å²) < 4.78 is 24.7. The second-order valence-corrected chi connectivity index (χ2v) is 6.30. The van der Waals surface area contributed by atoms with Crippen LogP contribution in [-0.2, 0) is 9.84 Å². The van der Waals surface area contributed by atoms with Gasteiger partial charge in [-0.2, -0.15) is 0 Å². The third kappa shape index (κ3) is 2.53. The highest BCUT2D eigenvalue weighted by atomic mass is 32.2. The zero-order valence-corrected chi connectivity index (χ0v) is 11.0. The molecule has 0 amide bonds. The molecule has 19 heavy (non-hydrogen) atoms. The fourth-order valence-electron chi connectivity index (χ4n) is 1.72. The molecule has 2 atom stereocenters. The van der Waals surface area contributed by atoms with Crippen molar-refractivity contribution in [1.29, 1.82) is 0 Å². The molecule has 0 heterocycles. The summed E-state index contributed by atoms with van der Waals surface area (Å²) in [5.41, 5.74) is 0.639. The second-order valence-electron chi connectivity index (χ2n) is 4.35. The largest absolute Gasteiger partial charge is 0.384 e. The Labute approximate surface area is 112 Å². The zero-order chi connectivity index (χ0) is 14.2. The van der Waals surface area contributed by atoms with Crippen LogP contribution >= 0.6 is 0 Å². The van der Waals surface area contributed by atoms with Gasteiger partial charge in [-0.15, -0.1) is 0 Å². The molecule has 0 fully saturated rings. The lowest BCUT2D eigenvalue weighted by Crippen LogP contribution is -2.16. The number of hydrogen-bond donors (Lipinski definition) is 2. The highest BCUT2D eigenvalue weighted by Crippen LogP contribution is 2.28. The summed E-state index contributed by atoms with van der Waals surface area (Å²) in [5, 5.41) is 18.9. The predicted molar refractivity (Wildman–Crippen MR) is 73.7 cm³/mol. The predicted octanol–water partition coefficient (Wildman–Crippen LogP) is 1.14. The first-order valence-electron chi connectivity index (χ1n) is 5.61. The first kappa shape index (κ1) is 13.7. The molecule has 2 aliphatic rings. The van der Waals surface area contributed by atoms with Gasteiger partial charge >= 0.3 is 0 Å². The number of rotatable bonds is 2. The molecule has 0 aliphatic heterocycles. The summed E-state index contributed by atoms with van der Waals surface area (Å²) in [6.45, 7) is 7.19. The highest BCUT2D eigenvalue weighted by molar-refractivity contribution is 7.99. The summed E-state index contributed by atoms with van der Waals surface area (Å²) in [6.07, 6.45) is 6.38. The minimum absolute atomic E-state index is 0.0582. The molecule has 0 spiro atoms. The molecular formula is C14H14O4S. The maximum absolute atomic E-state index is 12.4. The van der Waals surface area contributed by atoms with Crippen LogP contribution in [0, 0.1) is 0 Å². The minimum Gasteiger partial charge on any atom is -0.384 e. The van der Waals surface area contributed by atoms with Crippen LogP contribution in [0.2, 0.25) is 0 Å². The van der Waals surface area contributed by atoms with Gasteiger partial charge in [-0.1, -0.05) is 25.3 Å². The monoisotopic (exact) mass is 278 g/mol. The Morgan fingerprint density at radius 2 is 1.26 bits per heavy atom. The van der Waals surface area contributed by atoms with Gasteiger partial charge in [-0.05, 0) is 35.5 Å². The molecule has 0 aromatic heterocycles. The third-order valence-electron chi connectivity index (χ3n) is 2.92. The van der Waals surface area contributed by atoms with Crippen LogP contribution < -0.4 is 0 Å². The summed E-state index contributed by atoms with van der Waals surface area (Å²) >= 11 is 0. The molecule has 0 bridgehead atoms. The fourth-order valence-corrected chi connectivity index (χ4v) is 3.12. The van der Waals surface area contributed by atoms with Gasteiger partial charge in [-0.3, -0.25) is 0 Å². The molecule has 2 rings (SSSR count).